The van der Waals surface area contributed by atoms with E-state index in [1.165, 1.54) is 84.7 Å². The molecular formula is C32H44O3. The van der Waals surface area contributed by atoms with Gasteiger partial charge >= 0.3 is 5.97 Å². The first-order valence-electron chi connectivity index (χ1n) is 13.6. The molecule has 0 radical (unpaired) electrons. The van der Waals surface area contributed by atoms with Gasteiger partial charge in [0.2, 0.25) is 0 Å². The molecule has 1 aliphatic rings. The molecular weight excluding hydrogens is 432 g/mol. The molecule has 2 aromatic rings. The molecule has 1 aliphatic carbocycles. The maximum absolute atomic E-state index is 11.6. The van der Waals surface area contributed by atoms with Crippen molar-refractivity contribution >= 4 is 5.97 Å². The molecule has 0 atom stereocenters. The molecule has 0 amide bonds. The topological polar surface area (TPSA) is 46.5 Å². The van der Waals surface area contributed by atoms with Gasteiger partial charge in [-0.1, -0.05) is 75.6 Å². The molecule has 1 N–H and O–H groups in total. The summed E-state index contributed by atoms with van der Waals surface area (Å²) in [6.07, 6.45) is 12.6. The molecule has 2 aromatic carbocycles. The van der Waals surface area contributed by atoms with Gasteiger partial charge in [0.25, 0.3) is 0 Å². The second kappa shape index (κ2) is 13.6. The number of esters is 1. The maximum Gasteiger partial charge on any atom is 0.335 e. The fourth-order valence-electron chi connectivity index (χ4n) is 5.47. The third kappa shape index (κ3) is 7.80. The van der Waals surface area contributed by atoms with Crippen LogP contribution in [-0.4, -0.2) is 24.3 Å². The van der Waals surface area contributed by atoms with Gasteiger partial charge < -0.3 is 9.84 Å². The minimum atomic E-state index is -0.515. The Labute approximate surface area is 212 Å². The van der Waals surface area contributed by atoms with E-state index < -0.39 is 5.97 Å². The van der Waals surface area contributed by atoms with E-state index in [0.717, 1.165) is 24.7 Å². The molecule has 1 saturated carbocycles. The van der Waals surface area contributed by atoms with Crippen LogP contribution in [0, 0.1) is 19.8 Å². The molecule has 35 heavy (non-hydrogen) atoms. The van der Waals surface area contributed by atoms with Crippen LogP contribution in [0.4, 0.5) is 0 Å². The van der Waals surface area contributed by atoms with Crippen molar-refractivity contribution in [3.05, 3.63) is 70.8 Å². The third-order valence-electron chi connectivity index (χ3n) is 7.74. The highest BCUT2D eigenvalue weighted by molar-refractivity contribution is 5.87. The molecule has 3 nitrogen and oxygen atoms in total. The number of hydrogen-bond donors (Lipinski definition) is 1. The number of unbranched alkanes of at least 4 members (excludes halogenated alkanes) is 2. The zero-order chi connectivity index (χ0) is 25.2. The minimum Gasteiger partial charge on any atom is -0.462 e. The molecule has 0 saturated heterocycles. The highest BCUT2D eigenvalue weighted by atomic mass is 16.5. The van der Waals surface area contributed by atoms with Crippen LogP contribution in [0.15, 0.2) is 48.6 Å². The van der Waals surface area contributed by atoms with E-state index in [0.29, 0.717) is 6.61 Å². The SMILES string of the molecule is C=C(CO)C(=O)OCCCc1ccc(-c2ccc(C3CCC(CCCCC)CC3)cc2C)cc1C. The largest absolute Gasteiger partial charge is 0.462 e. The molecule has 0 spiro atoms. The number of carbonyl (C=O) groups excluding carboxylic acids is 1. The summed E-state index contributed by atoms with van der Waals surface area (Å²) in [5, 5.41) is 8.94. The Hall–Kier alpha value is -2.39. The first kappa shape index (κ1) is 27.2. The Bertz CT molecular complexity index is 982. The van der Waals surface area contributed by atoms with Crippen molar-refractivity contribution in [2.75, 3.05) is 13.2 Å². The van der Waals surface area contributed by atoms with Crippen molar-refractivity contribution in [2.24, 2.45) is 5.92 Å². The number of carbonyl (C=O) groups is 1. The molecule has 0 aromatic heterocycles. The molecule has 0 unspecified atom stereocenters. The van der Waals surface area contributed by atoms with Gasteiger partial charge in [-0.3, -0.25) is 0 Å². The number of rotatable bonds is 12. The molecule has 0 bridgehead atoms. The Balaban J connectivity index is 1.55. The van der Waals surface area contributed by atoms with E-state index >= 15 is 0 Å². The number of aliphatic hydroxyl groups excluding tert-OH is 1. The first-order valence-corrected chi connectivity index (χ1v) is 13.6. The predicted molar refractivity (Wildman–Crippen MR) is 146 cm³/mol. The standard InChI is InChI=1S/C32H44O3/c1-5-6-7-9-26-11-13-28(14-12-26)29-17-18-31(24(3)21-29)30-16-15-27(23(2)20-30)10-8-19-35-32(34)25(4)22-33/h15-18,20-21,26,28,33H,4-14,19,22H2,1-3H3. The minimum absolute atomic E-state index is 0.0991. The molecule has 0 aliphatic heterocycles. The Morgan fingerprint density at radius 3 is 2.43 bits per heavy atom. The van der Waals surface area contributed by atoms with Crippen LogP contribution >= 0.6 is 0 Å². The van der Waals surface area contributed by atoms with Gasteiger partial charge in [-0.15, -0.1) is 0 Å². The Morgan fingerprint density at radius 2 is 1.77 bits per heavy atom. The lowest BCUT2D eigenvalue weighted by molar-refractivity contribution is -0.139. The fraction of sp³-hybridized carbons (Fsp3) is 0.531. The van der Waals surface area contributed by atoms with Crippen LogP contribution < -0.4 is 0 Å². The lowest BCUT2D eigenvalue weighted by Gasteiger charge is -2.29. The number of ether oxygens (including phenoxy) is 1. The van der Waals surface area contributed by atoms with Crippen molar-refractivity contribution in [1.29, 1.82) is 0 Å². The predicted octanol–water partition coefficient (Wildman–Crippen LogP) is 7.85. The van der Waals surface area contributed by atoms with Crippen LogP contribution in [0.1, 0.15) is 92.9 Å². The van der Waals surface area contributed by atoms with E-state index in [4.69, 9.17) is 9.84 Å². The molecule has 190 valence electrons. The van der Waals surface area contributed by atoms with Crippen molar-refractivity contribution in [3.63, 3.8) is 0 Å². The quantitative estimate of drug-likeness (QED) is 0.193. The van der Waals surface area contributed by atoms with Crippen molar-refractivity contribution in [3.8, 4) is 11.1 Å². The van der Waals surface area contributed by atoms with Crippen molar-refractivity contribution in [1.82, 2.24) is 0 Å². The van der Waals surface area contributed by atoms with E-state index in [1.807, 2.05) is 0 Å². The van der Waals surface area contributed by atoms with E-state index in [-0.39, 0.29) is 12.2 Å². The Kier molecular flexibility index (Phi) is 10.6. The zero-order valence-corrected chi connectivity index (χ0v) is 22.1. The summed E-state index contributed by atoms with van der Waals surface area (Å²) < 4.78 is 5.16. The van der Waals surface area contributed by atoms with Gasteiger partial charge in [0.05, 0.1) is 18.8 Å². The fourth-order valence-corrected chi connectivity index (χ4v) is 5.47. The smallest absolute Gasteiger partial charge is 0.335 e. The van der Waals surface area contributed by atoms with E-state index in [9.17, 15) is 4.79 Å². The first-order chi connectivity index (χ1) is 16.9. The van der Waals surface area contributed by atoms with Crippen LogP contribution in [0.5, 0.6) is 0 Å². The van der Waals surface area contributed by atoms with Crippen molar-refractivity contribution in [2.45, 2.75) is 90.9 Å². The summed E-state index contributed by atoms with van der Waals surface area (Å²) in [7, 11) is 0. The van der Waals surface area contributed by atoms with Gasteiger partial charge in [-0.2, -0.15) is 0 Å². The van der Waals surface area contributed by atoms with Crippen LogP contribution in [-0.2, 0) is 16.0 Å². The number of hydrogen-bond acceptors (Lipinski definition) is 3. The summed E-state index contributed by atoms with van der Waals surface area (Å²) in [5.41, 5.74) is 8.09. The lowest BCUT2D eigenvalue weighted by Crippen LogP contribution is -2.13. The molecule has 3 rings (SSSR count). The summed E-state index contributed by atoms with van der Waals surface area (Å²) in [5.74, 6) is 1.16. The average Bonchev–Trinajstić information content (AvgIpc) is 2.87. The number of benzene rings is 2. The third-order valence-corrected chi connectivity index (χ3v) is 7.74. The summed E-state index contributed by atoms with van der Waals surface area (Å²) in [6.45, 7) is 10.2. The highest BCUT2D eigenvalue weighted by Crippen LogP contribution is 2.39. The number of aryl methyl sites for hydroxylation is 3. The normalized spacial score (nSPS) is 17.8. The van der Waals surface area contributed by atoms with Crippen molar-refractivity contribution < 1.29 is 14.6 Å². The van der Waals surface area contributed by atoms with Crippen LogP contribution in [0.25, 0.3) is 11.1 Å². The highest BCUT2D eigenvalue weighted by Gasteiger charge is 2.22. The number of aliphatic hydroxyl groups is 1. The van der Waals surface area contributed by atoms with Gasteiger partial charge in [0.1, 0.15) is 0 Å². The second-order valence-electron chi connectivity index (χ2n) is 10.4. The molecule has 1 fully saturated rings. The maximum atomic E-state index is 11.6. The second-order valence-corrected chi connectivity index (χ2v) is 10.4. The monoisotopic (exact) mass is 476 g/mol. The summed E-state index contributed by atoms with van der Waals surface area (Å²) >= 11 is 0. The van der Waals surface area contributed by atoms with Crippen LogP contribution in [0.2, 0.25) is 0 Å². The van der Waals surface area contributed by atoms with Gasteiger partial charge in [-0.05, 0) is 97.6 Å². The molecule has 0 heterocycles. The summed E-state index contributed by atoms with van der Waals surface area (Å²) in [4.78, 5) is 11.6. The van der Waals surface area contributed by atoms with Crippen LogP contribution in [0.3, 0.4) is 0 Å². The van der Waals surface area contributed by atoms with Gasteiger partial charge in [0, 0.05) is 0 Å². The van der Waals surface area contributed by atoms with E-state index in [1.54, 1.807) is 0 Å². The zero-order valence-electron chi connectivity index (χ0n) is 22.1. The van der Waals surface area contributed by atoms with Gasteiger partial charge in [-0.25, -0.2) is 4.79 Å². The lowest BCUT2D eigenvalue weighted by atomic mass is 9.76. The van der Waals surface area contributed by atoms with E-state index in [2.05, 4.69) is 63.7 Å². The van der Waals surface area contributed by atoms with Gasteiger partial charge in [0.15, 0.2) is 0 Å². The Morgan fingerprint density at radius 1 is 1.00 bits per heavy atom. The molecule has 3 heteroatoms. The summed E-state index contributed by atoms with van der Waals surface area (Å²) in [6, 6.07) is 13.8. The average molecular weight is 477 g/mol.